The molecule has 5 nitrogen and oxygen atoms in total. The van der Waals surface area contributed by atoms with Crippen LogP contribution in [0.3, 0.4) is 0 Å². The van der Waals surface area contributed by atoms with Crippen molar-refractivity contribution in [1.82, 2.24) is 4.57 Å². The van der Waals surface area contributed by atoms with Gasteiger partial charge < -0.3 is 4.74 Å². The fourth-order valence-corrected chi connectivity index (χ4v) is 5.92. The summed E-state index contributed by atoms with van der Waals surface area (Å²) in [5.74, 6) is -0.479. The maximum absolute atomic E-state index is 13.5. The number of thiazole rings is 1. The zero-order valence-corrected chi connectivity index (χ0v) is 20.5. The number of hydrogen-bond acceptors (Lipinski definition) is 6. The summed E-state index contributed by atoms with van der Waals surface area (Å²) in [5.41, 5.74) is 2.43. The molecule has 4 aromatic rings. The first-order valence-corrected chi connectivity index (χ1v) is 12.6. The lowest BCUT2D eigenvalue weighted by Gasteiger charge is -2.23. The highest BCUT2D eigenvalue weighted by molar-refractivity contribution is 7.10. The summed E-state index contributed by atoms with van der Waals surface area (Å²) in [4.78, 5) is 32.9. The standard InChI is InChI=1S/C26H19ClN2O3S2/c1-16-22(25(31)32-15-17-7-3-2-4-8-17)23(20-11-6-12-33-20)29-24(30)21(34-26(29)28-16)14-18-9-5-10-19(27)13-18/h2-14,23H,15H2,1H3/b21-14+/t23-/m0/s1. The van der Waals surface area contributed by atoms with Crippen molar-refractivity contribution in [2.24, 2.45) is 4.99 Å². The van der Waals surface area contributed by atoms with E-state index in [9.17, 15) is 9.59 Å². The first-order chi connectivity index (χ1) is 16.5. The number of benzene rings is 2. The number of halogens is 1. The average molecular weight is 507 g/mol. The number of carbonyl (C=O) groups is 1. The summed E-state index contributed by atoms with van der Waals surface area (Å²) in [6.07, 6.45) is 1.80. The second-order valence-electron chi connectivity index (χ2n) is 7.71. The van der Waals surface area contributed by atoms with Crippen LogP contribution in [0, 0.1) is 0 Å². The molecule has 2 aromatic carbocycles. The predicted octanol–water partition coefficient (Wildman–Crippen LogP) is 4.69. The highest BCUT2D eigenvalue weighted by Gasteiger charge is 2.34. The summed E-state index contributed by atoms with van der Waals surface area (Å²) in [7, 11) is 0. The average Bonchev–Trinajstić information content (AvgIpc) is 3.46. The Morgan fingerprint density at radius 3 is 2.71 bits per heavy atom. The van der Waals surface area contributed by atoms with Crippen molar-refractivity contribution >= 4 is 46.3 Å². The molecule has 0 spiro atoms. The van der Waals surface area contributed by atoms with E-state index in [2.05, 4.69) is 4.99 Å². The minimum absolute atomic E-state index is 0.146. The van der Waals surface area contributed by atoms with Crippen molar-refractivity contribution in [2.75, 3.05) is 0 Å². The third-order valence-corrected chi connectivity index (χ3v) is 7.56. The number of rotatable bonds is 5. The van der Waals surface area contributed by atoms with Gasteiger partial charge in [0.05, 0.1) is 15.8 Å². The van der Waals surface area contributed by atoms with Crippen molar-refractivity contribution < 1.29 is 9.53 Å². The fourth-order valence-electron chi connectivity index (χ4n) is 3.85. The molecule has 3 heterocycles. The quantitative estimate of drug-likeness (QED) is 0.369. The molecule has 0 saturated heterocycles. The number of hydrogen-bond donors (Lipinski definition) is 0. The van der Waals surface area contributed by atoms with Crippen LogP contribution < -0.4 is 14.9 Å². The molecule has 1 aliphatic rings. The normalized spacial score (nSPS) is 15.7. The molecule has 0 unspecified atom stereocenters. The predicted molar refractivity (Wildman–Crippen MR) is 136 cm³/mol. The zero-order valence-electron chi connectivity index (χ0n) is 18.1. The molecule has 34 heavy (non-hydrogen) atoms. The van der Waals surface area contributed by atoms with Crippen molar-refractivity contribution in [3.8, 4) is 0 Å². The molecule has 1 aliphatic heterocycles. The van der Waals surface area contributed by atoms with E-state index in [0.29, 0.717) is 25.6 Å². The van der Waals surface area contributed by atoms with Gasteiger partial charge in [-0.3, -0.25) is 9.36 Å². The van der Waals surface area contributed by atoms with Gasteiger partial charge in [0.1, 0.15) is 12.6 Å². The van der Waals surface area contributed by atoms with E-state index in [0.717, 1.165) is 16.0 Å². The molecule has 170 valence electrons. The van der Waals surface area contributed by atoms with Gasteiger partial charge in [0.2, 0.25) is 0 Å². The van der Waals surface area contributed by atoms with E-state index in [-0.39, 0.29) is 12.2 Å². The number of carbonyl (C=O) groups excluding carboxylic acids is 1. The lowest BCUT2D eigenvalue weighted by molar-refractivity contribution is -0.140. The second-order valence-corrected chi connectivity index (χ2v) is 10.1. The largest absolute Gasteiger partial charge is 0.457 e. The number of esters is 1. The minimum atomic E-state index is -0.596. The first kappa shape index (κ1) is 22.5. The van der Waals surface area contributed by atoms with E-state index >= 15 is 0 Å². The van der Waals surface area contributed by atoms with Crippen LogP contribution in [0.4, 0.5) is 0 Å². The van der Waals surface area contributed by atoms with Gasteiger partial charge in [-0.15, -0.1) is 11.3 Å². The molecule has 0 saturated carbocycles. The van der Waals surface area contributed by atoms with Crippen LogP contribution in [-0.4, -0.2) is 10.5 Å². The Morgan fingerprint density at radius 2 is 1.97 bits per heavy atom. The molecule has 0 bridgehead atoms. The summed E-state index contributed by atoms with van der Waals surface area (Å²) in [6.45, 7) is 1.93. The van der Waals surface area contributed by atoms with E-state index in [1.165, 1.54) is 22.7 Å². The Balaban J connectivity index is 1.59. The summed E-state index contributed by atoms with van der Waals surface area (Å²) in [5, 5.41) is 2.52. The molecule has 0 fully saturated rings. The summed E-state index contributed by atoms with van der Waals surface area (Å²) >= 11 is 8.90. The van der Waals surface area contributed by atoms with Crippen molar-refractivity contribution in [3.05, 3.63) is 124 Å². The lowest BCUT2D eigenvalue weighted by atomic mass is 10.0. The third kappa shape index (κ3) is 4.42. The van der Waals surface area contributed by atoms with Crippen LogP contribution in [0.1, 0.15) is 29.0 Å². The molecule has 0 radical (unpaired) electrons. The van der Waals surface area contributed by atoms with E-state index in [1.807, 2.05) is 60.0 Å². The molecular formula is C26H19ClN2O3S2. The van der Waals surface area contributed by atoms with E-state index in [1.54, 1.807) is 29.7 Å². The Hall–Kier alpha value is -3.26. The van der Waals surface area contributed by atoms with Crippen LogP contribution in [0.15, 0.2) is 93.2 Å². The second kappa shape index (κ2) is 9.54. The van der Waals surface area contributed by atoms with Crippen molar-refractivity contribution in [3.63, 3.8) is 0 Å². The van der Waals surface area contributed by atoms with Gasteiger partial charge in [-0.1, -0.05) is 71.5 Å². The zero-order chi connectivity index (χ0) is 23.7. The molecule has 0 N–H and O–H groups in total. The van der Waals surface area contributed by atoms with Gasteiger partial charge in [-0.05, 0) is 47.7 Å². The topological polar surface area (TPSA) is 60.7 Å². The number of thiophene rings is 1. The third-order valence-electron chi connectivity index (χ3n) is 5.41. The van der Waals surface area contributed by atoms with Gasteiger partial charge in [-0.2, -0.15) is 0 Å². The first-order valence-electron chi connectivity index (χ1n) is 10.5. The van der Waals surface area contributed by atoms with Gasteiger partial charge in [0.25, 0.3) is 5.56 Å². The molecule has 0 aliphatic carbocycles. The highest BCUT2D eigenvalue weighted by atomic mass is 35.5. The molecular weight excluding hydrogens is 488 g/mol. The summed E-state index contributed by atoms with van der Waals surface area (Å²) < 4.78 is 7.77. The fraction of sp³-hybridized carbons (Fsp3) is 0.115. The van der Waals surface area contributed by atoms with Crippen LogP contribution in [0.2, 0.25) is 5.02 Å². The number of allylic oxidation sites excluding steroid dienone is 1. The van der Waals surface area contributed by atoms with Crippen LogP contribution in [0.5, 0.6) is 0 Å². The maximum Gasteiger partial charge on any atom is 0.338 e. The Morgan fingerprint density at radius 1 is 1.15 bits per heavy atom. The van der Waals surface area contributed by atoms with Gasteiger partial charge in [-0.25, -0.2) is 9.79 Å². The van der Waals surface area contributed by atoms with E-state index in [4.69, 9.17) is 16.3 Å². The Bertz CT molecular complexity index is 1570. The lowest BCUT2D eigenvalue weighted by Crippen LogP contribution is -2.39. The van der Waals surface area contributed by atoms with Gasteiger partial charge in [0.15, 0.2) is 4.80 Å². The van der Waals surface area contributed by atoms with Gasteiger partial charge in [0, 0.05) is 9.90 Å². The molecule has 1 atom stereocenters. The SMILES string of the molecule is CC1=C(C(=O)OCc2ccccc2)[C@H](c2cccs2)n2c(s/c(=C/c3cccc(Cl)c3)c2=O)=N1. The number of aromatic nitrogens is 1. The van der Waals surface area contributed by atoms with Crippen molar-refractivity contribution in [2.45, 2.75) is 19.6 Å². The van der Waals surface area contributed by atoms with Crippen molar-refractivity contribution in [1.29, 1.82) is 0 Å². The van der Waals surface area contributed by atoms with Crippen LogP contribution in [0.25, 0.3) is 6.08 Å². The smallest absolute Gasteiger partial charge is 0.338 e. The Kier molecular flexibility index (Phi) is 6.32. The van der Waals surface area contributed by atoms with Crippen LogP contribution >= 0.6 is 34.3 Å². The Labute approximate surface area is 208 Å². The van der Waals surface area contributed by atoms with Gasteiger partial charge >= 0.3 is 5.97 Å². The molecule has 8 heteroatoms. The maximum atomic E-state index is 13.5. The molecule has 5 rings (SSSR count). The monoisotopic (exact) mass is 506 g/mol. The number of fused-ring (bicyclic) bond motifs is 1. The highest BCUT2D eigenvalue weighted by Crippen LogP contribution is 2.33. The summed E-state index contributed by atoms with van der Waals surface area (Å²) in [6, 6.07) is 20.0. The molecule has 0 amide bonds. The number of ether oxygens (including phenoxy) is 1. The van der Waals surface area contributed by atoms with Crippen LogP contribution in [-0.2, 0) is 16.1 Å². The molecule has 2 aromatic heterocycles. The van der Waals surface area contributed by atoms with E-state index < -0.39 is 12.0 Å². The number of nitrogens with zero attached hydrogens (tertiary/aromatic N) is 2. The minimum Gasteiger partial charge on any atom is -0.457 e.